The van der Waals surface area contributed by atoms with Crippen LogP contribution in [0.4, 0.5) is 0 Å². The number of rotatable bonds is 8. The highest BCUT2D eigenvalue weighted by Gasteiger charge is 2.40. The monoisotopic (exact) mass is 402 g/mol. The zero-order valence-electron chi connectivity index (χ0n) is 16.8. The van der Waals surface area contributed by atoms with E-state index < -0.39 is 0 Å². The van der Waals surface area contributed by atoms with Crippen LogP contribution in [-0.2, 0) is 19.8 Å². The number of hydrogen-bond acceptors (Lipinski definition) is 5. The first kappa shape index (κ1) is 20.2. The van der Waals surface area contributed by atoms with Crippen molar-refractivity contribution in [2.24, 2.45) is 0 Å². The van der Waals surface area contributed by atoms with E-state index in [4.69, 9.17) is 0 Å². The third-order valence-corrected chi connectivity index (χ3v) is 6.45. The van der Waals surface area contributed by atoms with Crippen LogP contribution in [0.3, 0.4) is 0 Å². The highest BCUT2D eigenvalue weighted by molar-refractivity contribution is 6.04. The lowest BCUT2D eigenvalue weighted by molar-refractivity contribution is -0.0714. The SMILES string of the molecule is [Al][N](Cc1ccccn1)C1(N(Cc2ccccn2)Cn2cccn2)CCCCC1. The molecule has 29 heavy (non-hydrogen) atoms. The van der Waals surface area contributed by atoms with E-state index in [0.29, 0.717) is 0 Å². The van der Waals surface area contributed by atoms with Gasteiger partial charge in [-0.2, -0.15) is 5.10 Å². The fourth-order valence-corrected chi connectivity index (χ4v) is 4.90. The third kappa shape index (κ3) is 4.93. The molecule has 0 saturated heterocycles. The Labute approximate surface area is 181 Å². The first-order chi connectivity index (χ1) is 14.3. The summed E-state index contributed by atoms with van der Waals surface area (Å²) in [5.41, 5.74) is 2.09. The molecule has 0 atom stereocenters. The van der Waals surface area contributed by atoms with Crippen molar-refractivity contribution < 1.29 is 0 Å². The van der Waals surface area contributed by atoms with Crippen molar-refractivity contribution in [1.29, 1.82) is 0 Å². The minimum Gasteiger partial charge on any atom is -0.381 e. The highest BCUT2D eigenvalue weighted by atomic mass is 27.1. The lowest BCUT2D eigenvalue weighted by Crippen LogP contribution is -2.60. The van der Waals surface area contributed by atoms with Gasteiger partial charge in [0.05, 0.1) is 23.7 Å². The summed E-state index contributed by atoms with van der Waals surface area (Å²) in [6.07, 6.45) is 13.6. The summed E-state index contributed by atoms with van der Waals surface area (Å²) < 4.78 is 4.43. The van der Waals surface area contributed by atoms with Gasteiger partial charge in [0.25, 0.3) is 16.5 Å². The zero-order chi connectivity index (χ0) is 19.9. The zero-order valence-corrected chi connectivity index (χ0v) is 17.9. The number of hydrogen-bond donors (Lipinski definition) is 0. The van der Waals surface area contributed by atoms with Crippen molar-refractivity contribution in [2.75, 3.05) is 0 Å². The van der Waals surface area contributed by atoms with Crippen LogP contribution in [0.2, 0.25) is 0 Å². The average Bonchev–Trinajstić information content (AvgIpc) is 3.28. The van der Waals surface area contributed by atoms with E-state index in [1.807, 2.05) is 47.7 Å². The van der Waals surface area contributed by atoms with Crippen LogP contribution in [-0.4, -0.2) is 50.7 Å². The predicted octanol–water partition coefficient (Wildman–Crippen LogP) is 3.38. The van der Waals surface area contributed by atoms with Crippen LogP contribution >= 0.6 is 0 Å². The van der Waals surface area contributed by atoms with Gasteiger partial charge < -0.3 is 3.88 Å². The second-order valence-corrected chi connectivity index (χ2v) is 8.32. The molecule has 1 fully saturated rings. The summed E-state index contributed by atoms with van der Waals surface area (Å²) in [5.74, 6) is 0. The molecule has 1 aliphatic carbocycles. The van der Waals surface area contributed by atoms with Crippen molar-refractivity contribution in [3.8, 4) is 0 Å². The molecule has 3 heterocycles. The Kier molecular flexibility index (Phi) is 6.73. The molecule has 1 aliphatic rings. The standard InChI is InChI=1S/C22H27N6.Al/c1-4-11-22(12-5-1,25-17-20-9-2-6-13-23-20)27(19-28-16-8-15-26-28)18-21-10-3-7-14-24-21;/h2-3,6-10,13-16H,1,4-5,11-12,17-19H2;/q-1;+1. The van der Waals surface area contributed by atoms with Gasteiger partial charge in [-0.05, 0) is 43.2 Å². The molecule has 0 unspecified atom stereocenters. The molecule has 0 N–H and O–H groups in total. The van der Waals surface area contributed by atoms with Crippen molar-refractivity contribution in [3.63, 3.8) is 0 Å². The molecule has 0 aromatic carbocycles. The number of pyridine rings is 2. The fraction of sp³-hybridized carbons (Fsp3) is 0.409. The molecule has 6 nitrogen and oxygen atoms in total. The maximum absolute atomic E-state index is 4.61. The van der Waals surface area contributed by atoms with Crippen LogP contribution in [0, 0.1) is 0 Å². The Morgan fingerprint density at radius 3 is 2.14 bits per heavy atom. The molecular formula is C22H27AlN6. The Hall–Kier alpha value is -2.04. The van der Waals surface area contributed by atoms with E-state index in [9.17, 15) is 0 Å². The van der Waals surface area contributed by atoms with E-state index in [1.54, 1.807) is 0 Å². The summed E-state index contributed by atoms with van der Waals surface area (Å²) in [4.78, 5) is 11.7. The lowest BCUT2D eigenvalue weighted by Gasteiger charge is -2.53. The van der Waals surface area contributed by atoms with Gasteiger partial charge in [-0.25, -0.2) is 0 Å². The van der Waals surface area contributed by atoms with Gasteiger partial charge in [0, 0.05) is 37.9 Å². The molecule has 1 saturated carbocycles. The molecule has 148 valence electrons. The molecule has 0 spiro atoms. The molecular weight excluding hydrogens is 375 g/mol. The number of nitrogens with zero attached hydrogens (tertiary/aromatic N) is 6. The normalized spacial score (nSPS) is 16.3. The van der Waals surface area contributed by atoms with Gasteiger partial charge in [0.1, 0.15) is 0 Å². The Morgan fingerprint density at radius 1 is 0.862 bits per heavy atom. The molecule has 0 aliphatic heterocycles. The van der Waals surface area contributed by atoms with E-state index in [0.717, 1.165) is 44.0 Å². The molecule has 0 bridgehead atoms. The minimum absolute atomic E-state index is 0.0795. The average molecular weight is 402 g/mol. The molecule has 4 rings (SSSR count). The quantitative estimate of drug-likeness (QED) is 0.427. The van der Waals surface area contributed by atoms with Crippen molar-refractivity contribution >= 4 is 16.5 Å². The summed E-state index contributed by atoms with van der Waals surface area (Å²) >= 11 is 3.00. The van der Waals surface area contributed by atoms with E-state index in [-0.39, 0.29) is 5.66 Å². The summed E-state index contributed by atoms with van der Waals surface area (Å²) in [6.45, 7) is 2.31. The molecule has 0 amide bonds. The van der Waals surface area contributed by atoms with E-state index in [2.05, 4.69) is 64.6 Å². The summed E-state index contributed by atoms with van der Waals surface area (Å²) in [7, 11) is 0. The van der Waals surface area contributed by atoms with Crippen LogP contribution in [0.5, 0.6) is 0 Å². The van der Waals surface area contributed by atoms with Gasteiger partial charge in [-0.3, -0.25) is 19.5 Å². The van der Waals surface area contributed by atoms with E-state index >= 15 is 0 Å². The van der Waals surface area contributed by atoms with Crippen molar-refractivity contribution in [2.45, 2.75) is 57.5 Å². The first-order valence-electron chi connectivity index (χ1n) is 10.3. The van der Waals surface area contributed by atoms with Gasteiger partial charge >= 0.3 is 0 Å². The minimum atomic E-state index is -0.0795. The van der Waals surface area contributed by atoms with E-state index in [1.165, 1.54) is 19.3 Å². The largest absolute Gasteiger partial charge is 0.381 e. The third-order valence-electron chi connectivity index (χ3n) is 5.79. The van der Waals surface area contributed by atoms with Gasteiger partial charge in [0.2, 0.25) is 0 Å². The van der Waals surface area contributed by atoms with Crippen molar-refractivity contribution in [1.82, 2.24) is 28.5 Å². The molecule has 2 radical (unpaired) electrons. The topological polar surface area (TPSA) is 50.1 Å². The van der Waals surface area contributed by atoms with Crippen LogP contribution in [0.15, 0.2) is 67.3 Å². The molecule has 7 heteroatoms. The lowest BCUT2D eigenvalue weighted by atomic mass is 9.87. The number of aromatic nitrogens is 4. The Balaban J connectivity index is 1.65. The van der Waals surface area contributed by atoms with Gasteiger partial charge in [0.15, 0.2) is 0 Å². The summed E-state index contributed by atoms with van der Waals surface area (Å²) in [5, 5.41) is 4.48. The van der Waals surface area contributed by atoms with Crippen molar-refractivity contribution in [3.05, 3.63) is 78.6 Å². The molecule has 3 aromatic heterocycles. The van der Waals surface area contributed by atoms with Gasteiger partial charge in [-0.15, -0.1) is 0 Å². The fourth-order valence-electron chi connectivity index (χ4n) is 4.29. The second-order valence-electron chi connectivity index (χ2n) is 7.70. The molecule has 3 aromatic rings. The van der Waals surface area contributed by atoms with Gasteiger partial charge in [-0.1, -0.05) is 31.4 Å². The predicted molar refractivity (Wildman–Crippen MR) is 113 cm³/mol. The maximum Gasteiger partial charge on any atom is 0.259 e. The summed E-state index contributed by atoms with van der Waals surface area (Å²) in [6, 6.07) is 14.3. The van der Waals surface area contributed by atoms with Crippen LogP contribution in [0.1, 0.15) is 43.5 Å². The Bertz CT molecular complexity index is 850. The second kappa shape index (κ2) is 9.64. The first-order valence-corrected chi connectivity index (χ1v) is 10.8. The highest BCUT2D eigenvalue weighted by Crippen LogP contribution is 2.37. The Morgan fingerprint density at radius 2 is 1.55 bits per heavy atom. The van der Waals surface area contributed by atoms with Crippen LogP contribution in [0.25, 0.3) is 0 Å². The maximum atomic E-state index is 4.61. The smallest absolute Gasteiger partial charge is 0.259 e. The van der Waals surface area contributed by atoms with Crippen LogP contribution < -0.4 is 0 Å².